The second-order valence-electron chi connectivity index (χ2n) is 10.0. The Labute approximate surface area is 228 Å². The van der Waals surface area contributed by atoms with E-state index in [4.69, 9.17) is 29.4 Å². The van der Waals surface area contributed by atoms with Crippen LogP contribution >= 0.6 is 0 Å². The zero-order chi connectivity index (χ0) is 29.9. The molecule has 3 rings (SSSR count). The lowest BCUT2D eigenvalue weighted by molar-refractivity contribution is -0.694. The minimum Gasteiger partial charge on any atom is -0.507 e. The molecule has 2 fully saturated rings. The van der Waals surface area contributed by atoms with E-state index < -0.39 is 91.2 Å². The molecule has 0 aliphatic carbocycles. The first-order valence-electron chi connectivity index (χ1n) is 12.5. The topological polar surface area (TPSA) is 265 Å². The van der Waals surface area contributed by atoms with Gasteiger partial charge in [-0.1, -0.05) is 0 Å². The van der Waals surface area contributed by atoms with E-state index >= 15 is 0 Å². The summed E-state index contributed by atoms with van der Waals surface area (Å²) >= 11 is 0. The summed E-state index contributed by atoms with van der Waals surface area (Å²) in [5.41, 5.74) is 5.49. The first-order chi connectivity index (χ1) is 18.7. The summed E-state index contributed by atoms with van der Waals surface area (Å²) < 4.78 is 26.5. The zero-order valence-electron chi connectivity index (χ0n) is 22.1. The molecule has 2 heterocycles. The lowest BCUT2D eigenvalue weighted by atomic mass is 9.88. The first kappa shape index (κ1) is 31.9. The number of rotatable bonds is 9. The highest BCUT2D eigenvalue weighted by Crippen LogP contribution is 2.29. The summed E-state index contributed by atoms with van der Waals surface area (Å²) in [6.45, 7) is 1.41. The predicted octanol–water partition coefficient (Wildman–Crippen LogP) is -4.52. The fraction of sp³-hybridized carbons (Fsp3) is 0.667. The second kappa shape index (κ2) is 12.9. The number of esters is 2. The highest BCUT2D eigenvalue weighted by Gasteiger charge is 2.51. The quantitative estimate of drug-likeness (QED) is 0.0579. The Balaban J connectivity index is 1.68. The Bertz CT molecular complexity index is 1040. The highest BCUT2D eigenvalue weighted by atomic mass is 16.8. The van der Waals surface area contributed by atoms with Gasteiger partial charge in [-0.15, -0.1) is 0 Å². The van der Waals surface area contributed by atoms with E-state index in [1.54, 1.807) is 12.4 Å². The number of nitrogen functional groups attached to an aromatic ring is 1. The van der Waals surface area contributed by atoms with Crippen molar-refractivity contribution in [3.63, 3.8) is 0 Å². The SMILES string of the molecule is C[NH2+]C1[C@H](O)OC(CO)[C@H](O)[C@@H]1CO[C@@H]1OC(C(=O)OC(C)(C)OC(=O)c2cc(N)ccc2O)[C@H](O)[C@H](O)C1O. The molecule has 2 aliphatic rings. The molecule has 0 amide bonds. The minimum absolute atomic E-state index is 0.162. The largest absolute Gasteiger partial charge is 0.507 e. The fourth-order valence-electron chi connectivity index (χ4n) is 4.54. The molecule has 1 aromatic rings. The van der Waals surface area contributed by atoms with E-state index in [9.17, 15) is 45.3 Å². The third-order valence-corrected chi connectivity index (χ3v) is 6.70. The summed E-state index contributed by atoms with van der Waals surface area (Å²) in [5.74, 6) is -5.61. The monoisotopic (exact) mass is 577 g/mol. The number of carbonyl (C=O) groups excluding carboxylic acids is 2. The molecule has 226 valence electrons. The van der Waals surface area contributed by atoms with Gasteiger partial charge in [-0.05, 0) is 18.2 Å². The van der Waals surface area contributed by atoms with E-state index in [1.807, 2.05) is 0 Å². The number of anilines is 1. The van der Waals surface area contributed by atoms with E-state index in [-0.39, 0.29) is 17.9 Å². The van der Waals surface area contributed by atoms with Crippen LogP contribution in [0, 0.1) is 5.92 Å². The van der Waals surface area contributed by atoms with Crippen LogP contribution in [0.4, 0.5) is 5.69 Å². The number of benzene rings is 1. The normalized spacial score (nSPS) is 34.7. The van der Waals surface area contributed by atoms with Crippen molar-refractivity contribution in [1.29, 1.82) is 0 Å². The molecular formula is C24H37N2O14+. The van der Waals surface area contributed by atoms with Crippen molar-refractivity contribution in [2.45, 2.75) is 74.9 Å². The fourth-order valence-corrected chi connectivity index (χ4v) is 4.54. The summed E-state index contributed by atoms with van der Waals surface area (Å²) in [4.78, 5) is 25.4. The maximum absolute atomic E-state index is 12.9. The highest BCUT2D eigenvalue weighted by molar-refractivity contribution is 5.93. The molecule has 1 aromatic carbocycles. The molecule has 0 bridgehead atoms. The number of phenolic OH excluding ortho intramolecular Hbond substituents is 1. The van der Waals surface area contributed by atoms with Crippen LogP contribution in [-0.2, 0) is 28.5 Å². The van der Waals surface area contributed by atoms with Gasteiger partial charge in [0.25, 0.3) is 5.79 Å². The predicted molar refractivity (Wildman–Crippen MR) is 130 cm³/mol. The number of nitrogens with two attached hydrogens (primary N) is 2. The molecule has 40 heavy (non-hydrogen) atoms. The minimum atomic E-state index is -1.97. The number of aromatic hydroxyl groups is 1. The number of aliphatic hydroxyl groups excluding tert-OH is 6. The van der Waals surface area contributed by atoms with Crippen molar-refractivity contribution in [2.75, 3.05) is 26.0 Å². The lowest BCUT2D eigenvalue weighted by Gasteiger charge is -2.43. The Morgan fingerprint density at radius 2 is 1.70 bits per heavy atom. The molecule has 11 N–H and O–H groups in total. The first-order valence-corrected chi connectivity index (χ1v) is 12.5. The molecule has 0 aromatic heterocycles. The van der Waals surface area contributed by atoms with E-state index in [2.05, 4.69) is 0 Å². The molecule has 2 aliphatic heterocycles. The summed E-state index contributed by atoms with van der Waals surface area (Å²) in [5, 5.41) is 72.8. The average molecular weight is 578 g/mol. The van der Waals surface area contributed by atoms with Crippen molar-refractivity contribution >= 4 is 17.6 Å². The van der Waals surface area contributed by atoms with Crippen molar-refractivity contribution < 1.29 is 74.3 Å². The molecular weight excluding hydrogens is 540 g/mol. The van der Waals surface area contributed by atoms with Crippen LogP contribution in [-0.4, -0.2) is 129 Å². The maximum Gasteiger partial charge on any atom is 0.345 e. The van der Waals surface area contributed by atoms with Gasteiger partial charge in [0.05, 0.1) is 32.3 Å². The summed E-state index contributed by atoms with van der Waals surface area (Å²) in [6.07, 6.45) is -13.1. The van der Waals surface area contributed by atoms with Gasteiger partial charge in [0.1, 0.15) is 41.8 Å². The Morgan fingerprint density at radius 3 is 2.33 bits per heavy atom. The van der Waals surface area contributed by atoms with Crippen LogP contribution in [0.2, 0.25) is 0 Å². The summed E-state index contributed by atoms with van der Waals surface area (Å²) in [7, 11) is 1.61. The molecule has 16 heteroatoms. The maximum atomic E-state index is 12.9. The van der Waals surface area contributed by atoms with E-state index in [0.29, 0.717) is 0 Å². The molecule has 0 radical (unpaired) electrons. The Morgan fingerprint density at radius 1 is 1.02 bits per heavy atom. The number of carbonyl (C=O) groups is 2. The van der Waals surface area contributed by atoms with Crippen molar-refractivity contribution in [3.05, 3.63) is 23.8 Å². The number of quaternary nitrogens is 1. The number of hydrogen-bond donors (Lipinski definition) is 9. The van der Waals surface area contributed by atoms with Gasteiger partial charge in [0.2, 0.25) is 6.29 Å². The number of ether oxygens (including phenoxy) is 5. The van der Waals surface area contributed by atoms with Crippen LogP contribution in [0.5, 0.6) is 5.75 Å². The molecule has 4 unspecified atom stereocenters. The van der Waals surface area contributed by atoms with Crippen LogP contribution in [0.3, 0.4) is 0 Å². The van der Waals surface area contributed by atoms with Gasteiger partial charge in [0, 0.05) is 19.5 Å². The molecule has 16 nitrogen and oxygen atoms in total. The Kier molecular flexibility index (Phi) is 10.3. The van der Waals surface area contributed by atoms with Gasteiger partial charge in [-0.25, -0.2) is 9.59 Å². The van der Waals surface area contributed by atoms with Crippen LogP contribution in [0.15, 0.2) is 18.2 Å². The van der Waals surface area contributed by atoms with Gasteiger partial charge in [-0.2, -0.15) is 0 Å². The lowest BCUT2D eigenvalue weighted by Crippen LogP contribution is -2.93. The van der Waals surface area contributed by atoms with Gasteiger partial charge in [0.15, 0.2) is 12.4 Å². The smallest absolute Gasteiger partial charge is 0.345 e. The number of phenols is 1. The van der Waals surface area contributed by atoms with Gasteiger partial charge in [-0.3, -0.25) is 0 Å². The zero-order valence-corrected chi connectivity index (χ0v) is 22.1. The third kappa shape index (κ3) is 6.98. The van der Waals surface area contributed by atoms with Gasteiger partial charge < -0.3 is 70.5 Å². The number of likely N-dealkylation sites (N-methyl/N-ethyl adjacent to an activating group) is 1. The Hall–Kier alpha value is -2.64. The van der Waals surface area contributed by atoms with Crippen molar-refractivity contribution in [1.82, 2.24) is 0 Å². The molecule has 0 spiro atoms. The average Bonchev–Trinajstić information content (AvgIpc) is 2.88. The molecule has 0 saturated carbocycles. The number of hydrogen-bond acceptors (Lipinski definition) is 15. The van der Waals surface area contributed by atoms with Crippen LogP contribution in [0.25, 0.3) is 0 Å². The van der Waals surface area contributed by atoms with E-state index in [1.165, 1.54) is 26.0 Å². The second-order valence-corrected chi connectivity index (χ2v) is 10.0. The van der Waals surface area contributed by atoms with Crippen LogP contribution in [0.1, 0.15) is 24.2 Å². The third-order valence-electron chi connectivity index (χ3n) is 6.70. The van der Waals surface area contributed by atoms with Crippen LogP contribution < -0.4 is 11.1 Å². The number of aliphatic hydroxyl groups is 6. The summed E-state index contributed by atoms with van der Waals surface area (Å²) in [6, 6.07) is 2.94. The van der Waals surface area contributed by atoms with Gasteiger partial charge >= 0.3 is 11.9 Å². The standard InChI is InChI=1S/C24H36N2O14/c1-24(2,39-20(33)10-6-9(25)4-5-12(10)28)40-22(35)19-17(31)16(30)18(32)23(38-19)36-8-11-14(26-3)21(34)37-13(7-27)15(11)29/h4-6,11,13-19,21,23,26-32,34H,7-8,25H2,1-3H3/p+1/t11-,13?,14?,15-,16+,17-,18?,19?,21-,23-/m1/s1. The van der Waals surface area contributed by atoms with Crippen molar-refractivity contribution in [2.24, 2.45) is 5.92 Å². The molecule has 2 saturated heterocycles. The van der Waals surface area contributed by atoms with Crippen molar-refractivity contribution in [3.8, 4) is 5.75 Å². The van der Waals surface area contributed by atoms with E-state index in [0.717, 1.165) is 6.07 Å². The molecule has 10 atom stereocenters.